The van der Waals surface area contributed by atoms with E-state index < -0.39 is 0 Å². The molecule has 0 aromatic heterocycles. The molecule has 0 aliphatic heterocycles. The largest absolute Gasteiger partial charge is 0.379 e. The lowest BCUT2D eigenvalue weighted by atomic mass is 10.2. The van der Waals surface area contributed by atoms with Gasteiger partial charge in [0.1, 0.15) is 11.5 Å². The Hall–Kier alpha value is -1.27. The third-order valence-electron chi connectivity index (χ3n) is 2.23. The smallest absolute Gasteiger partial charge is 0.134 e. The molecular weight excluding hydrogens is 246 g/mol. The molecule has 0 spiro atoms. The summed E-state index contributed by atoms with van der Waals surface area (Å²) >= 11 is 0. The number of hydrazone groups is 1. The lowest BCUT2D eigenvalue weighted by Gasteiger charge is -2.05. The summed E-state index contributed by atoms with van der Waals surface area (Å²) in [6.45, 7) is 7.43. The maximum Gasteiger partial charge on any atom is 0.134 e. The van der Waals surface area contributed by atoms with Crippen LogP contribution in [0, 0.1) is 0 Å². The summed E-state index contributed by atoms with van der Waals surface area (Å²) in [4.78, 5) is 15.2. The summed E-state index contributed by atoms with van der Waals surface area (Å²) in [5, 5.41) is 3.59. The van der Waals surface area contributed by atoms with Gasteiger partial charge in [0.2, 0.25) is 0 Å². The van der Waals surface area contributed by atoms with E-state index >= 15 is 0 Å². The van der Waals surface area contributed by atoms with Gasteiger partial charge >= 0.3 is 0 Å². The van der Waals surface area contributed by atoms with Crippen LogP contribution in [0.1, 0.15) is 33.6 Å². The van der Waals surface area contributed by atoms with Gasteiger partial charge < -0.3 is 15.3 Å². The van der Waals surface area contributed by atoms with Gasteiger partial charge in [0.25, 0.3) is 0 Å². The van der Waals surface area contributed by atoms with E-state index in [-0.39, 0.29) is 11.8 Å². The normalized spacial score (nSPS) is 12.5. The number of rotatable bonds is 11. The van der Waals surface area contributed by atoms with Gasteiger partial charge in [-0.2, -0.15) is 5.10 Å². The molecule has 0 aromatic rings. The zero-order chi connectivity index (χ0) is 14.5. The number of Topliss-reactive ketones (excluding diaryl/α,β-unsaturated/α-hetero) is 1. The molecule has 0 saturated heterocycles. The van der Waals surface area contributed by atoms with Gasteiger partial charge in [-0.15, -0.1) is 0 Å². The summed E-state index contributed by atoms with van der Waals surface area (Å²) in [6, 6.07) is 0.205. The predicted octanol–water partition coefficient (Wildman–Crippen LogP) is 1.18. The van der Waals surface area contributed by atoms with Gasteiger partial charge in [0.15, 0.2) is 0 Å². The van der Waals surface area contributed by atoms with Crippen molar-refractivity contribution in [1.29, 1.82) is 0 Å². The van der Waals surface area contributed by atoms with Crippen LogP contribution in [0.25, 0.3) is 0 Å². The first kappa shape index (κ1) is 17.7. The number of ketones is 1. The van der Waals surface area contributed by atoms with Gasteiger partial charge in [0, 0.05) is 25.1 Å². The van der Waals surface area contributed by atoms with Gasteiger partial charge in [0.05, 0.1) is 26.4 Å². The Labute approximate surface area is 115 Å². The number of carbonyl (C=O) groups is 1. The molecule has 0 aromatic carbocycles. The van der Waals surface area contributed by atoms with Crippen molar-refractivity contribution in [2.45, 2.75) is 39.7 Å². The second-order valence-electron chi connectivity index (χ2n) is 4.30. The Morgan fingerprint density at radius 2 is 1.95 bits per heavy atom. The van der Waals surface area contributed by atoms with Crippen LogP contribution in [0.5, 0.6) is 0 Å². The molecule has 0 aliphatic carbocycles. The van der Waals surface area contributed by atoms with E-state index in [2.05, 4.69) is 10.1 Å². The Bertz CT molecular complexity index is 302. The third-order valence-corrected chi connectivity index (χ3v) is 2.23. The highest BCUT2D eigenvalue weighted by molar-refractivity contribution is 6.31. The number of nitrogens with zero attached hydrogens (tertiary/aromatic N) is 2. The average Bonchev–Trinajstić information content (AvgIpc) is 2.40. The van der Waals surface area contributed by atoms with E-state index in [1.807, 2.05) is 20.8 Å². The van der Waals surface area contributed by atoms with Crippen molar-refractivity contribution in [2.24, 2.45) is 15.9 Å². The quantitative estimate of drug-likeness (QED) is 0.264. The van der Waals surface area contributed by atoms with Crippen LogP contribution in [-0.4, -0.2) is 50.2 Å². The van der Waals surface area contributed by atoms with Crippen molar-refractivity contribution in [3.63, 3.8) is 0 Å². The van der Waals surface area contributed by atoms with Crippen LogP contribution in [0.15, 0.2) is 10.1 Å². The van der Waals surface area contributed by atoms with Crippen molar-refractivity contribution in [3.8, 4) is 0 Å². The molecule has 0 fully saturated rings. The highest BCUT2D eigenvalue weighted by atomic mass is 16.5. The van der Waals surface area contributed by atoms with Crippen LogP contribution < -0.4 is 5.84 Å². The molecule has 0 radical (unpaired) electrons. The van der Waals surface area contributed by atoms with Crippen molar-refractivity contribution >= 4 is 17.7 Å². The number of hydrogen-bond acceptors (Lipinski definition) is 6. The molecule has 110 valence electrons. The molecule has 0 saturated carbocycles. The topological polar surface area (TPSA) is 86.3 Å². The summed E-state index contributed by atoms with van der Waals surface area (Å²) in [6.07, 6.45) is 2.64. The minimum atomic E-state index is 0.205. The molecule has 0 bridgehead atoms. The highest BCUT2D eigenvalue weighted by Crippen LogP contribution is 1.90. The molecule has 2 N–H and O–H groups in total. The van der Waals surface area contributed by atoms with Gasteiger partial charge in [-0.3, -0.25) is 9.79 Å². The zero-order valence-electron chi connectivity index (χ0n) is 12.1. The molecular formula is C13H25N3O3. The van der Waals surface area contributed by atoms with E-state index in [1.165, 1.54) is 0 Å². The minimum absolute atomic E-state index is 0.205. The lowest BCUT2D eigenvalue weighted by molar-refractivity contribution is -0.119. The second-order valence-corrected chi connectivity index (χ2v) is 4.30. The van der Waals surface area contributed by atoms with Crippen LogP contribution in [0.4, 0.5) is 0 Å². The molecule has 0 heterocycles. The SMILES string of the molecule is CCC(=O)CCOCCOC/C(C=NC(C)C)=N/N. The van der Waals surface area contributed by atoms with E-state index in [1.54, 1.807) is 6.21 Å². The minimum Gasteiger partial charge on any atom is -0.379 e. The van der Waals surface area contributed by atoms with Crippen molar-refractivity contribution in [2.75, 3.05) is 26.4 Å². The van der Waals surface area contributed by atoms with Crippen molar-refractivity contribution in [1.82, 2.24) is 0 Å². The third kappa shape index (κ3) is 11.5. The van der Waals surface area contributed by atoms with Gasteiger partial charge in [-0.05, 0) is 13.8 Å². The molecule has 0 unspecified atom stereocenters. The fourth-order valence-corrected chi connectivity index (χ4v) is 1.10. The van der Waals surface area contributed by atoms with Crippen molar-refractivity contribution < 1.29 is 14.3 Å². The fourth-order valence-electron chi connectivity index (χ4n) is 1.10. The van der Waals surface area contributed by atoms with Crippen LogP contribution in [0.2, 0.25) is 0 Å². The number of nitrogens with two attached hydrogens (primary N) is 1. The van der Waals surface area contributed by atoms with Crippen molar-refractivity contribution in [3.05, 3.63) is 0 Å². The molecule has 19 heavy (non-hydrogen) atoms. The molecule has 0 rings (SSSR count). The number of aliphatic imine (C=N–C) groups is 1. The number of carbonyl (C=O) groups excluding carboxylic acids is 1. The molecule has 6 nitrogen and oxygen atoms in total. The summed E-state index contributed by atoms with van der Waals surface area (Å²) < 4.78 is 10.6. The maximum atomic E-state index is 11.0. The molecule has 0 atom stereocenters. The Balaban J connectivity index is 3.55. The average molecular weight is 271 g/mol. The monoisotopic (exact) mass is 271 g/mol. The van der Waals surface area contributed by atoms with Crippen LogP contribution in [0.3, 0.4) is 0 Å². The number of hydrogen-bond donors (Lipinski definition) is 1. The molecule has 6 heteroatoms. The van der Waals surface area contributed by atoms with E-state index in [9.17, 15) is 4.79 Å². The Morgan fingerprint density at radius 3 is 2.53 bits per heavy atom. The Kier molecular flexibility index (Phi) is 11.0. The van der Waals surface area contributed by atoms with Crippen LogP contribution >= 0.6 is 0 Å². The standard InChI is InChI=1S/C13H25N3O3/c1-4-13(17)5-6-18-7-8-19-10-12(16-14)9-15-11(2)3/h9,11H,4-8,10,14H2,1-3H3/b15-9?,16-12+. The number of ether oxygens (including phenoxy) is 2. The highest BCUT2D eigenvalue weighted by Gasteiger charge is 1.99. The maximum absolute atomic E-state index is 11.0. The van der Waals surface area contributed by atoms with Gasteiger partial charge in [-0.25, -0.2) is 0 Å². The van der Waals surface area contributed by atoms with Crippen LogP contribution in [-0.2, 0) is 14.3 Å². The first-order chi connectivity index (χ1) is 9.10. The molecule has 0 amide bonds. The fraction of sp³-hybridized carbons (Fsp3) is 0.769. The van der Waals surface area contributed by atoms with E-state index in [4.69, 9.17) is 15.3 Å². The molecule has 0 aliphatic rings. The first-order valence-electron chi connectivity index (χ1n) is 6.57. The summed E-state index contributed by atoms with van der Waals surface area (Å²) in [5.41, 5.74) is 0.592. The Morgan fingerprint density at radius 1 is 1.26 bits per heavy atom. The lowest BCUT2D eigenvalue weighted by Crippen LogP contribution is -2.16. The predicted molar refractivity (Wildman–Crippen MR) is 76.8 cm³/mol. The summed E-state index contributed by atoms with van der Waals surface area (Å²) in [7, 11) is 0. The first-order valence-corrected chi connectivity index (χ1v) is 6.57. The van der Waals surface area contributed by atoms with E-state index in [0.29, 0.717) is 45.0 Å². The second kappa shape index (κ2) is 11.8. The summed E-state index contributed by atoms with van der Waals surface area (Å²) in [5.74, 6) is 5.43. The zero-order valence-corrected chi connectivity index (χ0v) is 12.1. The van der Waals surface area contributed by atoms with E-state index in [0.717, 1.165) is 0 Å². The van der Waals surface area contributed by atoms with Gasteiger partial charge in [-0.1, -0.05) is 6.92 Å².